The zero-order chi connectivity index (χ0) is 24.2. The summed E-state index contributed by atoms with van der Waals surface area (Å²) in [6.07, 6.45) is 2.53. The first kappa shape index (κ1) is 22.9. The third kappa shape index (κ3) is 5.18. The molecule has 0 radical (unpaired) electrons. The largest absolute Gasteiger partial charge is 0.507 e. The molecule has 0 unspecified atom stereocenters. The van der Waals surface area contributed by atoms with Crippen molar-refractivity contribution in [3.8, 4) is 45.6 Å². The molecule has 0 atom stereocenters. The van der Waals surface area contributed by atoms with E-state index in [-0.39, 0.29) is 34.5 Å². The van der Waals surface area contributed by atoms with Gasteiger partial charge in [0.1, 0.15) is 11.5 Å². The molecular formula is C28H26O6. The van der Waals surface area contributed by atoms with Gasteiger partial charge in [-0.2, -0.15) is 0 Å². The van der Waals surface area contributed by atoms with E-state index in [0.717, 1.165) is 22.3 Å². The van der Waals surface area contributed by atoms with Crippen molar-refractivity contribution in [1.82, 2.24) is 0 Å². The average molecular weight is 459 g/mol. The Bertz CT molecular complexity index is 1230. The van der Waals surface area contributed by atoms with Gasteiger partial charge in [-0.05, 0) is 84.3 Å². The maximum atomic E-state index is 10.6. The lowest BCUT2D eigenvalue weighted by Crippen LogP contribution is -1.93. The predicted octanol–water partition coefficient (Wildman–Crippen LogP) is 5.16. The van der Waals surface area contributed by atoms with Crippen LogP contribution in [0.25, 0.3) is 11.1 Å². The summed E-state index contributed by atoms with van der Waals surface area (Å²) >= 11 is 0. The number of aryl methyl sites for hydroxylation is 4. The Kier molecular flexibility index (Phi) is 6.50. The molecule has 174 valence electrons. The number of hydrogen-bond donors (Lipinski definition) is 6. The van der Waals surface area contributed by atoms with Gasteiger partial charge in [-0.25, -0.2) is 0 Å². The van der Waals surface area contributed by atoms with Gasteiger partial charge in [-0.1, -0.05) is 36.4 Å². The molecule has 4 aromatic rings. The Morgan fingerprint density at radius 1 is 0.324 bits per heavy atom. The van der Waals surface area contributed by atoms with E-state index in [1.54, 1.807) is 36.4 Å². The smallest absolute Gasteiger partial charge is 0.157 e. The fourth-order valence-corrected chi connectivity index (χ4v) is 3.95. The van der Waals surface area contributed by atoms with Gasteiger partial charge in [-0.3, -0.25) is 0 Å². The van der Waals surface area contributed by atoms with Gasteiger partial charge in [0.2, 0.25) is 0 Å². The van der Waals surface area contributed by atoms with Gasteiger partial charge in [0, 0.05) is 11.1 Å². The number of benzene rings is 4. The SMILES string of the molecule is Oc1ccc(CCc2ccc(-c3ccc(CCc4ccc(O)c(O)c4)cc3O)c(O)c2)cc1O. The van der Waals surface area contributed by atoms with Crippen LogP contribution in [0.1, 0.15) is 22.3 Å². The van der Waals surface area contributed by atoms with Crippen molar-refractivity contribution >= 4 is 0 Å². The highest BCUT2D eigenvalue weighted by Crippen LogP contribution is 2.37. The van der Waals surface area contributed by atoms with Crippen LogP contribution in [-0.2, 0) is 25.7 Å². The molecule has 0 saturated carbocycles. The molecule has 0 bridgehead atoms. The molecule has 0 aliphatic heterocycles. The third-order valence-electron chi connectivity index (χ3n) is 5.90. The fraction of sp³-hybridized carbons (Fsp3) is 0.143. The summed E-state index contributed by atoms with van der Waals surface area (Å²) in [7, 11) is 0. The molecule has 0 aliphatic carbocycles. The Morgan fingerprint density at radius 2 is 0.618 bits per heavy atom. The van der Waals surface area contributed by atoms with Crippen LogP contribution in [-0.4, -0.2) is 30.6 Å². The first-order valence-corrected chi connectivity index (χ1v) is 11.0. The van der Waals surface area contributed by atoms with Gasteiger partial charge in [-0.15, -0.1) is 0 Å². The van der Waals surface area contributed by atoms with Crippen molar-refractivity contribution in [2.75, 3.05) is 0 Å². The van der Waals surface area contributed by atoms with Crippen molar-refractivity contribution in [1.29, 1.82) is 0 Å². The van der Waals surface area contributed by atoms with E-state index < -0.39 is 0 Å². The van der Waals surface area contributed by atoms with Gasteiger partial charge in [0.15, 0.2) is 23.0 Å². The first-order valence-electron chi connectivity index (χ1n) is 11.0. The van der Waals surface area contributed by atoms with Crippen LogP contribution in [0.5, 0.6) is 34.5 Å². The van der Waals surface area contributed by atoms with Crippen LogP contribution in [0.2, 0.25) is 0 Å². The molecular weight excluding hydrogens is 432 g/mol. The molecule has 0 aromatic heterocycles. The van der Waals surface area contributed by atoms with Crippen LogP contribution in [0.15, 0.2) is 72.8 Å². The van der Waals surface area contributed by atoms with E-state index in [1.807, 2.05) is 12.1 Å². The number of rotatable bonds is 7. The summed E-state index contributed by atoms with van der Waals surface area (Å²) in [6.45, 7) is 0. The first-order chi connectivity index (χ1) is 16.3. The number of phenols is 6. The zero-order valence-corrected chi connectivity index (χ0v) is 18.4. The lowest BCUT2D eigenvalue weighted by molar-refractivity contribution is 0.403. The number of aromatic hydroxyl groups is 6. The van der Waals surface area contributed by atoms with Crippen LogP contribution >= 0.6 is 0 Å². The molecule has 0 spiro atoms. The maximum absolute atomic E-state index is 10.6. The van der Waals surface area contributed by atoms with Crippen LogP contribution < -0.4 is 0 Å². The molecule has 0 saturated heterocycles. The molecule has 6 heteroatoms. The molecule has 6 nitrogen and oxygen atoms in total. The quantitative estimate of drug-likeness (QED) is 0.213. The molecule has 0 amide bonds. The van der Waals surface area contributed by atoms with E-state index in [4.69, 9.17) is 0 Å². The Labute approximate surface area is 197 Å². The standard InChI is InChI=1S/C28H26O6/c29-23-11-7-19(15-27(23)33)3-1-17-5-9-21(25(31)13-17)22-10-6-18(14-26(22)32)2-4-20-8-12-24(30)28(34)16-20/h5-16,29-34H,1-4H2. The lowest BCUT2D eigenvalue weighted by Gasteiger charge is -2.11. The summed E-state index contributed by atoms with van der Waals surface area (Å²) in [5.74, 6) is -0.499. The minimum absolute atomic E-state index is 0.0636. The van der Waals surface area contributed by atoms with Crippen molar-refractivity contribution < 1.29 is 30.6 Å². The average Bonchev–Trinajstić information content (AvgIpc) is 2.81. The third-order valence-corrected chi connectivity index (χ3v) is 5.90. The molecule has 4 rings (SSSR count). The van der Waals surface area contributed by atoms with Crippen molar-refractivity contribution in [3.63, 3.8) is 0 Å². The molecule has 0 fully saturated rings. The van der Waals surface area contributed by atoms with Crippen molar-refractivity contribution in [2.24, 2.45) is 0 Å². The second kappa shape index (κ2) is 9.67. The summed E-state index contributed by atoms with van der Waals surface area (Å²) in [5, 5.41) is 59.3. The minimum atomic E-state index is -0.157. The van der Waals surface area contributed by atoms with Crippen LogP contribution in [0, 0.1) is 0 Å². The van der Waals surface area contributed by atoms with E-state index in [2.05, 4.69) is 0 Å². The van der Waals surface area contributed by atoms with E-state index in [1.165, 1.54) is 24.3 Å². The minimum Gasteiger partial charge on any atom is -0.507 e. The summed E-state index contributed by atoms with van der Waals surface area (Å²) in [5.41, 5.74) is 4.60. The van der Waals surface area contributed by atoms with Gasteiger partial charge >= 0.3 is 0 Å². The second-order valence-corrected chi connectivity index (χ2v) is 8.35. The van der Waals surface area contributed by atoms with Gasteiger partial charge < -0.3 is 30.6 Å². The second-order valence-electron chi connectivity index (χ2n) is 8.35. The summed E-state index contributed by atoms with van der Waals surface area (Å²) in [6, 6.07) is 20.1. The lowest BCUT2D eigenvalue weighted by atomic mass is 9.96. The van der Waals surface area contributed by atoms with Crippen LogP contribution in [0.4, 0.5) is 0 Å². The van der Waals surface area contributed by atoms with Crippen molar-refractivity contribution in [3.05, 3.63) is 95.1 Å². The zero-order valence-electron chi connectivity index (χ0n) is 18.4. The highest BCUT2D eigenvalue weighted by Gasteiger charge is 2.12. The van der Waals surface area contributed by atoms with Crippen LogP contribution in [0.3, 0.4) is 0 Å². The van der Waals surface area contributed by atoms with Gasteiger partial charge in [0.05, 0.1) is 0 Å². The van der Waals surface area contributed by atoms with E-state index in [0.29, 0.717) is 36.8 Å². The Balaban J connectivity index is 1.43. The molecule has 34 heavy (non-hydrogen) atoms. The Hall–Kier alpha value is -4.32. The molecule has 6 N–H and O–H groups in total. The molecule has 0 heterocycles. The topological polar surface area (TPSA) is 121 Å². The number of hydrogen-bond acceptors (Lipinski definition) is 6. The highest BCUT2D eigenvalue weighted by atomic mass is 16.3. The van der Waals surface area contributed by atoms with E-state index in [9.17, 15) is 30.6 Å². The molecule has 4 aromatic carbocycles. The maximum Gasteiger partial charge on any atom is 0.157 e. The summed E-state index contributed by atoms with van der Waals surface area (Å²) < 4.78 is 0. The fourth-order valence-electron chi connectivity index (χ4n) is 3.95. The van der Waals surface area contributed by atoms with Crippen molar-refractivity contribution in [2.45, 2.75) is 25.7 Å². The molecule has 0 aliphatic rings. The highest BCUT2D eigenvalue weighted by molar-refractivity contribution is 5.76. The van der Waals surface area contributed by atoms with Gasteiger partial charge in [0.25, 0.3) is 0 Å². The predicted molar refractivity (Wildman–Crippen MR) is 130 cm³/mol. The summed E-state index contributed by atoms with van der Waals surface area (Å²) in [4.78, 5) is 0. The monoisotopic (exact) mass is 458 g/mol. The van der Waals surface area contributed by atoms with E-state index >= 15 is 0 Å². The number of phenolic OH excluding ortho intramolecular Hbond substituents is 6. The normalized spacial score (nSPS) is 10.9. The Morgan fingerprint density at radius 3 is 0.912 bits per heavy atom.